The first kappa shape index (κ1) is 115. The number of nitrogens with zero attached hydrogens (tertiary/aromatic N) is 1. The van der Waals surface area contributed by atoms with E-state index in [2.05, 4.69) is 0 Å². The third kappa shape index (κ3) is 32.7. The normalized spacial score (nSPS) is 35.8. The number of ether oxygens (including phenoxy) is 28. The monoisotopic (exact) mass is 2040 g/mol. The van der Waals surface area contributed by atoms with E-state index >= 15 is 0 Å². The van der Waals surface area contributed by atoms with Crippen molar-refractivity contribution in [2.24, 2.45) is 0 Å². The van der Waals surface area contributed by atoms with Crippen LogP contribution in [0.2, 0.25) is 0 Å². The lowest BCUT2D eigenvalue weighted by Crippen LogP contribution is -2.34. The number of hydrogen-bond donors (Lipinski definition) is 5. The van der Waals surface area contributed by atoms with Gasteiger partial charge in [-0.2, -0.15) is 8.42 Å². The van der Waals surface area contributed by atoms with E-state index in [1.165, 1.54) is 64.1 Å². The summed E-state index contributed by atoms with van der Waals surface area (Å²) in [5.41, 5.74) is 1.13. The molecule has 16 fully saturated rings. The first-order valence-electron chi connectivity index (χ1n) is 48.7. The van der Waals surface area contributed by atoms with Crippen LogP contribution in [-0.4, -0.2) is 326 Å². The lowest BCUT2D eigenvalue weighted by atomic mass is 10.1. The number of epoxide rings is 1. The molecule has 16 heterocycles. The van der Waals surface area contributed by atoms with E-state index in [1.807, 2.05) is 125 Å². The van der Waals surface area contributed by atoms with E-state index < -0.39 is 160 Å². The number of hydrogen-bond acceptors (Lipinski definition) is 43. The van der Waals surface area contributed by atoms with Crippen LogP contribution in [0.15, 0.2) is 53.4 Å². The zero-order chi connectivity index (χ0) is 104. The van der Waals surface area contributed by atoms with Gasteiger partial charge in [0.2, 0.25) is 6.29 Å². The fourth-order valence-electron chi connectivity index (χ4n) is 18.5. The molecule has 16 saturated heterocycles. The quantitative estimate of drug-likeness (QED) is 0.0154. The van der Waals surface area contributed by atoms with Crippen molar-refractivity contribution in [1.29, 1.82) is 0 Å². The molecule has 1 unspecified atom stereocenters. The summed E-state index contributed by atoms with van der Waals surface area (Å²) in [5, 5.41) is 58.2. The van der Waals surface area contributed by atoms with Crippen molar-refractivity contribution in [2.75, 3.05) is 19.8 Å². The van der Waals surface area contributed by atoms with E-state index in [4.69, 9.17) is 142 Å². The summed E-state index contributed by atoms with van der Waals surface area (Å²) < 4.78 is 184. The van der Waals surface area contributed by atoms with Crippen LogP contribution in [0, 0.1) is 17.0 Å². The highest BCUT2D eigenvalue weighted by Crippen LogP contribution is 2.47. The molecule has 0 amide bonds. The molecule has 802 valence electrons. The van der Waals surface area contributed by atoms with Crippen molar-refractivity contribution in [3.8, 4) is 0 Å². The zero-order valence-electron chi connectivity index (χ0n) is 85.0. The summed E-state index contributed by atoms with van der Waals surface area (Å²) in [7, 11) is -3.92. The Morgan fingerprint density at radius 1 is 0.383 bits per heavy atom. The maximum Gasteiger partial charge on any atom is 0.338 e. The lowest BCUT2D eigenvalue weighted by molar-refractivity contribution is -0.384. The van der Waals surface area contributed by atoms with Crippen molar-refractivity contribution in [2.45, 2.75) is 492 Å². The maximum absolute atomic E-state index is 12.3. The van der Waals surface area contributed by atoms with Crippen molar-refractivity contribution in [1.82, 2.24) is 0 Å². The number of carbonyl (C=O) groups excluding carboxylic acids is 5. The Balaban J connectivity index is 0.000000156. The van der Waals surface area contributed by atoms with E-state index in [0.29, 0.717) is 63.9 Å². The second kappa shape index (κ2) is 48.5. The number of aliphatic hydroxyl groups is 5. The Hall–Kier alpha value is -6.02. The molecule has 2 aromatic rings. The summed E-state index contributed by atoms with van der Waals surface area (Å²) in [4.78, 5) is 66.6. The lowest BCUT2D eigenvalue weighted by Gasteiger charge is -2.25. The molecule has 16 aliphatic heterocycles. The third-order valence-electron chi connectivity index (χ3n) is 24.9. The number of carbonyl (C=O) groups is 5. The average molecular weight is 2040 g/mol. The molecule has 16 aliphatic rings. The number of esters is 5. The smallest absolute Gasteiger partial charge is 0.338 e. The molecular formula is C96H149NO43S. The number of rotatable bonds is 25. The largest absolute Gasteiger partial charge is 0.460 e. The zero-order valence-corrected chi connectivity index (χ0v) is 85.8. The van der Waals surface area contributed by atoms with Crippen LogP contribution in [0.5, 0.6) is 0 Å². The molecule has 32 atom stereocenters. The van der Waals surface area contributed by atoms with Crippen LogP contribution in [0.4, 0.5) is 5.69 Å². The highest BCUT2D eigenvalue weighted by atomic mass is 32.2. The Labute approximate surface area is 823 Å². The molecule has 0 aromatic heterocycles. The molecule has 0 bridgehead atoms. The van der Waals surface area contributed by atoms with Gasteiger partial charge in [-0.15, -0.1) is 0 Å². The summed E-state index contributed by atoms with van der Waals surface area (Å²) in [6, 6.07) is 11.6. The number of aryl methyl sites for hydroxylation is 1. The van der Waals surface area contributed by atoms with E-state index in [-0.39, 0.29) is 146 Å². The van der Waals surface area contributed by atoms with Crippen LogP contribution in [0.3, 0.4) is 0 Å². The standard InChI is InChI=1S/C17H21NO7.C16H22O7S.C13H20O7.C12H20O5.2C10H18O4.C9H16O5.C9H14O4/c1-4-12(13-9-14-16(23-13)25-17(2,3)24-14)22-15(19)10-5-7-11(8-6-10)18(20)21;1-10-4-6-11(7-5-10)24(18,19)20-9-12(17)13-8-14-15(21-13)23-16(2,3)22-14;1-5-10(17-7(2)14)11-6-12(18-8(3)15)13(20-11)19-9(4)16;1-5-8(14-7(2)13)9-6-10-11(15-9)17-12(3,4)16-10;2*1-4-6(11)7-5-8-9(12-7)14-10(2,3)13-8;1-9(2)13-7-3-6(5(11)4-10)12-8(7)14-9;1-9(2)12-6-3-5(7-4-10-7)11-8(6)13-9/h5-8,12-14,16H,4,9H2,1-3H3;4-7,12-15,17H,8-9H2,1-3H3;10-13H,5-6H2,1-4H3;8-11H,5-6H2,1-4H3;2*6-9,11H,4-5H2,1-3H3;5-8,10-11H,3-4H2,1-2H3;5-8H,3-4H2,1-2H3/t12-,13-,14+,16+;12-,13+,14-,15-;10-,11-,12+,13?;8-,9-,10+,11+;6-,7+,8-,9-;6-,7-,8+,9+;5-,6+,7-,8-;5-,6+,7+,8+/m01001010/s1. The minimum absolute atomic E-state index is 0.0174. The van der Waals surface area contributed by atoms with Crippen LogP contribution in [0.25, 0.3) is 0 Å². The first-order valence-corrected chi connectivity index (χ1v) is 50.1. The summed E-state index contributed by atoms with van der Waals surface area (Å²) in [6.45, 7) is 42.8. The predicted molar refractivity (Wildman–Crippen MR) is 484 cm³/mol. The summed E-state index contributed by atoms with van der Waals surface area (Å²) in [6.07, 6.45) is -2.09. The average Bonchev–Trinajstić information content (AvgIpc) is 1.63. The third-order valence-corrected chi connectivity index (χ3v) is 26.2. The van der Waals surface area contributed by atoms with Gasteiger partial charge in [0.25, 0.3) is 15.8 Å². The molecule has 2 aromatic carbocycles. The molecule has 0 saturated carbocycles. The van der Waals surface area contributed by atoms with Crippen molar-refractivity contribution in [3.05, 3.63) is 69.8 Å². The highest BCUT2D eigenvalue weighted by molar-refractivity contribution is 7.86. The molecule has 45 heteroatoms. The van der Waals surface area contributed by atoms with Crippen molar-refractivity contribution < 1.29 is 200 Å². The van der Waals surface area contributed by atoms with Gasteiger partial charge in [-0.1, -0.05) is 52.3 Å². The minimum Gasteiger partial charge on any atom is -0.460 e. The van der Waals surface area contributed by atoms with E-state index in [9.17, 15) is 62.9 Å². The fourth-order valence-corrected chi connectivity index (χ4v) is 19.4. The number of non-ortho nitro benzene ring substituents is 1. The van der Waals surface area contributed by atoms with Gasteiger partial charge < -0.3 is 158 Å². The summed E-state index contributed by atoms with van der Waals surface area (Å²) in [5.74, 6) is -6.39. The van der Waals surface area contributed by atoms with Crippen LogP contribution in [0.1, 0.15) is 259 Å². The number of fused-ring (bicyclic) bond motifs is 7. The van der Waals surface area contributed by atoms with Crippen LogP contribution < -0.4 is 0 Å². The Kier molecular flexibility index (Phi) is 39.7. The second-order valence-electron chi connectivity index (χ2n) is 40.2. The number of aliphatic hydroxyl groups excluding tert-OH is 5. The van der Waals surface area contributed by atoms with E-state index in [0.717, 1.165) is 37.9 Å². The van der Waals surface area contributed by atoms with Gasteiger partial charge in [0, 0.05) is 91.2 Å². The van der Waals surface area contributed by atoms with Gasteiger partial charge in [-0.05, 0) is 160 Å². The first-order chi connectivity index (χ1) is 65.9. The number of nitro groups is 1. The Morgan fingerprint density at radius 2 is 0.695 bits per heavy atom. The molecule has 5 N–H and O–H groups in total. The Morgan fingerprint density at radius 3 is 1.00 bits per heavy atom. The van der Waals surface area contributed by atoms with Gasteiger partial charge in [-0.3, -0.25) is 33.5 Å². The van der Waals surface area contributed by atoms with E-state index in [1.54, 1.807) is 26.0 Å². The SMILES string of the molecule is CC1(C)O[C@H]2O[C@H]([C@H](O)CO)C[C@H]2O1.CC1(C)O[C@H]2O[C@H]([C@H]3CO3)C[C@H]2O1.CC[C@@H](O)[C@@H]1C[C@H]2OC(C)(C)O[C@H]2O1.CC[C@H](O)[C@@H]1C[C@H]2OC(C)(C)O[C@H]2O1.CC[C@H](OC(=O)c1ccc([N+](=O)[O-])cc1)[C@@H]1C[C@H]2OC(C)(C)O[C@H]2O1.CC[C@H](OC(C)=O)[C@@H]1C[C@@H](OC(C)=O)C(OC(C)=O)O1.CC[C@H](OC(C)=O)[C@@H]1C[C@H]2OC(C)(C)O[C@H]2O1.Cc1ccc(S(=O)(=O)OC[C@@H](O)[C@@H]2C[C@H]3OC(C)(C)O[C@H]3O2)cc1. The molecule has 141 heavy (non-hydrogen) atoms. The maximum atomic E-state index is 12.3. The molecule has 0 spiro atoms. The van der Waals surface area contributed by atoms with Crippen molar-refractivity contribution in [3.63, 3.8) is 0 Å². The van der Waals surface area contributed by atoms with Crippen LogP contribution in [-0.2, 0) is 166 Å². The highest BCUT2D eigenvalue weighted by Gasteiger charge is 2.58. The van der Waals surface area contributed by atoms with Crippen LogP contribution >= 0.6 is 0 Å². The molecule has 18 rings (SSSR count). The number of nitro benzene ring substituents is 1. The predicted octanol–water partition coefficient (Wildman–Crippen LogP) is 8.96. The topological polar surface area (TPSA) is 535 Å². The van der Waals surface area contributed by atoms with Crippen molar-refractivity contribution >= 4 is 45.7 Å². The molecule has 44 nitrogen and oxygen atoms in total. The van der Waals surface area contributed by atoms with Gasteiger partial charge in [-0.25, -0.2) is 4.79 Å². The van der Waals surface area contributed by atoms with Gasteiger partial charge in [0.05, 0.1) is 77.9 Å². The van der Waals surface area contributed by atoms with Gasteiger partial charge >= 0.3 is 29.8 Å². The van der Waals surface area contributed by atoms with Gasteiger partial charge in [0.15, 0.2) is 90.6 Å². The minimum atomic E-state index is -3.92. The molecule has 0 radical (unpaired) electrons. The number of benzene rings is 2. The fraction of sp³-hybridized carbons (Fsp3) is 0.823. The molecule has 0 aliphatic carbocycles. The Bertz CT molecular complexity index is 4250. The second-order valence-corrected chi connectivity index (χ2v) is 41.8. The van der Waals surface area contributed by atoms with Gasteiger partial charge in [0.1, 0.15) is 97.7 Å². The molecular weight excluding hydrogens is 1890 g/mol. The summed E-state index contributed by atoms with van der Waals surface area (Å²) >= 11 is 0.